The summed E-state index contributed by atoms with van der Waals surface area (Å²) < 4.78 is 19.3. The molecule has 0 unspecified atom stereocenters. The van der Waals surface area contributed by atoms with Crippen molar-refractivity contribution in [2.45, 2.75) is 0 Å². The number of nitrogen functional groups attached to an aromatic ring is 1. The third kappa shape index (κ3) is 2.37. The molecule has 3 rings (SSSR count). The minimum atomic E-state index is -0.424. The van der Waals surface area contributed by atoms with Crippen molar-refractivity contribution in [2.75, 3.05) is 5.73 Å². The van der Waals surface area contributed by atoms with Gasteiger partial charge in [0.2, 0.25) is 0 Å². The summed E-state index contributed by atoms with van der Waals surface area (Å²) in [6, 6.07) is 11.3. The molecule has 0 bridgehead atoms. The van der Waals surface area contributed by atoms with E-state index < -0.39 is 5.82 Å². The summed E-state index contributed by atoms with van der Waals surface area (Å²) in [5.41, 5.74) is 6.98. The van der Waals surface area contributed by atoms with E-state index in [0.29, 0.717) is 26.7 Å². The van der Waals surface area contributed by atoms with Crippen molar-refractivity contribution in [3.05, 3.63) is 58.3 Å². The first-order valence-electron chi connectivity index (χ1n) is 6.04. The first-order chi connectivity index (χ1) is 10.1. The quantitative estimate of drug-likeness (QED) is 0.719. The maximum atomic E-state index is 14.0. The Morgan fingerprint density at radius 1 is 1.00 bits per heavy atom. The number of aromatic nitrogens is 1. The van der Waals surface area contributed by atoms with Crippen LogP contribution < -0.4 is 5.73 Å². The average molecular weight is 323 g/mol. The van der Waals surface area contributed by atoms with Crippen LogP contribution in [0.5, 0.6) is 0 Å². The zero-order chi connectivity index (χ0) is 15.0. The van der Waals surface area contributed by atoms with Crippen LogP contribution in [0.4, 0.5) is 10.2 Å². The number of halogens is 3. The first kappa shape index (κ1) is 13.9. The fourth-order valence-electron chi connectivity index (χ4n) is 2.09. The predicted molar refractivity (Wildman–Crippen MR) is 81.8 cm³/mol. The first-order valence-corrected chi connectivity index (χ1v) is 6.79. The highest BCUT2D eigenvalue weighted by atomic mass is 35.5. The Labute approximate surface area is 130 Å². The van der Waals surface area contributed by atoms with Gasteiger partial charge in [-0.2, -0.15) is 0 Å². The molecular formula is C15H9Cl2FN2O. The highest BCUT2D eigenvalue weighted by Gasteiger charge is 2.22. The Bertz CT molecular complexity index is 817. The van der Waals surface area contributed by atoms with E-state index in [4.69, 9.17) is 33.5 Å². The molecule has 21 heavy (non-hydrogen) atoms. The number of rotatable bonds is 2. The molecule has 2 N–H and O–H groups in total. The van der Waals surface area contributed by atoms with E-state index in [1.807, 2.05) is 0 Å². The van der Waals surface area contributed by atoms with Crippen molar-refractivity contribution in [1.82, 2.24) is 5.16 Å². The van der Waals surface area contributed by atoms with Gasteiger partial charge in [0.1, 0.15) is 5.82 Å². The van der Waals surface area contributed by atoms with Gasteiger partial charge in [-0.15, -0.1) is 0 Å². The molecule has 1 heterocycles. The number of nitrogens with two attached hydrogens (primary N) is 1. The summed E-state index contributed by atoms with van der Waals surface area (Å²) in [6.45, 7) is 0. The smallest absolute Gasteiger partial charge is 0.178 e. The predicted octanol–water partition coefficient (Wildman–Crippen LogP) is 5.04. The lowest BCUT2D eigenvalue weighted by Crippen LogP contribution is -1.91. The highest BCUT2D eigenvalue weighted by molar-refractivity contribution is 6.43. The lowest BCUT2D eigenvalue weighted by molar-refractivity contribution is 0.436. The number of benzene rings is 2. The summed E-state index contributed by atoms with van der Waals surface area (Å²) in [5.74, 6) is -0.0527. The van der Waals surface area contributed by atoms with Crippen molar-refractivity contribution < 1.29 is 8.91 Å². The molecule has 1 aromatic heterocycles. The van der Waals surface area contributed by atoms with Gasteiger partial charge in [0.25, 0.3) is 0 Å². The Morgan fingerprint density at radius 2 is 1.71 bits per heavy atom. The fourth-order valence-corrected chi connectivity index (χ4v) is 2.48. The largest absolute Gasteiger partial charge is 0.380 e. The van der Waals surface area contributed by atoms with Gasteiger partial charge in [-0.3, -0.25) is 0 Å². The lowest BCUT2D eigenvalue weighted by atomic mass is 10.0. The van der Waals surface area contributed by atoms with Crippen LogP contribution in [0.3, 0.4) is 0 Å². The number of hydrogen-bond donors (Lipinski definition) is 1. The van der Waals surface area contributed by atoms with Crippen LogP contribution in [0.2, 0.25) is 10.0 Å². The number of anilines is 1. The van der Waals surface area contributed by atoms with Crippen molar-refractivity contribution >= 4 is 29.0 Å². The second kappa shape index (κ2) is 5.39. The summed E-state index contributed by atoms with van der Waals surface area (Å²) in [6.07, 6.45) is 0. The molecule has 6 heteroatoms. The molecule has 0 amide bonds. The molecule has 0 fully saturated rings. The molecule has 3 nitrogen and oxygen atoms in total. The molecule has 106 valence electrons. The maximum absolute atomic E-state index is 14.0. The average Bonchev–Trinajstić information content (AvgIpc) is 2.84. The highest BCUT2D eigenvalue weighted by Crippen LogP contribution is 2.42. The Balaban J connectivity index is 2.28. The standard InChI is InChI=1S/C15H9Cl2FN2O/c16-10-6-3-5-9(13(10)17)14-12(15(19)20-21-14)8-4-1-2-7-11(8)18/h1-7H,(H2,19,20). The van der Waals surface area contributed by atoms with Gasteiger partial charge in [0.05, 0.1) is 15.6 Å². The van der Waals surface area contributed by atoms with E-state index in [9.17, 15) is 4.39 Å². The molecule has 0 spiro atoms. The van der Waals surface area contributed by atoms with Crippen molar-refractivity contribution in [3.63, 3.8) is 0 Å². The van der Waals surface area contributed by atoms with Crippen LogP contribution in [0, 0.1) is 5.82 Å². The molecule has 2 aromatic carbocycles. The van der Waals surface area contributed by atoms with Gasteiger partial charge in [0, 0.05) is 11.1 Å². The molecule has 0 saturated carbocycles. The molecule has 0 aliphatic carbocycles. The summed E-state index contributed by atoms with van der Waals surface area (Å²) >= 11 is 12.2. The third-order valence-corrected chi connectivity index (χ3v) is 3.88. The summed E-state index contributed by atoms with van der Waals surface area (Å²) in [7, 11) is 0. The van der Waals surface area contributed by atoms with Crippen LogP contribution in [0.15, 0.2) is 47.0 Å². The van der Waals surface area contributed by atoms with Gasteiger partial charge in [-0.25, -0.2) is 4.39 Å². The van der Waals surface area contributed by atoms with Crippen molar-refractivity contribution in [2.24, 2.45) is 0 Å². The van der Waals surface area contributed by atoms with E-state index in [2.05, 4.69) is 5.16 Å². The van der Waals surface area contributed by atoms with E-state index >= 15 is 0 Å². The monoisotopic (exact) mass is 322 g/mol. The molecule has 0 atom stereocenters. The minimum Gasteiger partial charge on any atom is -0.380 e. The van der Waals surface area contributed by atoms with Gasteiger partial charge in [0.15, 0.2) is 11.6 Å². The molecule has 0 aliphatic rings. The van der Waals surface area contributed by atoms with Crippen LogP contribution in [-0.4, -0.2) is 5.16 Å². The van der Waals surface area contributed by atoms with Crippen LogP contribution in [-0.2, 0) is 0 Å². The number of nitrogens with zero attached hydrogens (tertiary/aromatic N) is 1. The zero-order valence-electron chi connectivity index (χ0n) is 10.6. The maximum Gasteiger partial charge on any atom is 0.178 e. The van der Waals surface area contributed by atoms with Gasteiger partial charge >= 0.3 is 0 Å². The van der Waals surface area contributed by atoms with Crippen molar-refractivity contribution in [1.29, 1.82) is 0 Å². The van der Waals surface area contributed by atoms with E-state index in [1.165, 1.54) is 6.07 Å². The van der Waals surface area contributed by atoms with Crippen molar-refractivity contribution in [3.8, 4) is 22.5 Å². The molecule has 3 aromatic rings. The van der Waals surface area contributed by atoms with Crippen LogP contribution in [0.25, 0.3) is 22.5 Å². The zero-order valence-corrected chi connectivity index (χ0v) is 12.1. The van der Waals surface area contributed by atoms with E-state index in [1.54, 1.807) is 36.4 Å². The second-order valence-electron chi connectivity index (χ2n) is 4.35. The lowest BCUT2D eigenvalue weighted by Gasteiger charge is -2.06. The second-order valence-corrected chi connectivity index (χ2v) is 5.14. The normalized spacial score (nSPS) is 10.8. The molecule has 0 saturated heterocycles. The Morgan fingerprint density at radius 3 is 2.48 bits per heavy atom. The van der Waals surface area contributed by atoms with Gasteiger partial charge in [-0.05, 0) is 18.2 Å². The molecular weight excluding hydrogens is 314 g/mol. The molecule has 0 radical (unpaired) electrons. The summed E-state index contributed by atoms with van der Waals surface area (Å²) in [5, 5.41) is 4.38. The fraction of sp³-hybridized carbons (Fsp3) is 0. The van der Waals surface area contributed by atoms with Gasteiger partial charge < -0.3 is 10.3 Å². The van der Waals surface area contributed by atoms with Gasteiger partial charge in [-0.1, -0.05) is 52.6 Å². The Kier molecular flexibility index (Phi) is 3.57. The van der Waals surface area contributed by atoms with E-state index in [-0.39, 0.29) is 11.6 Å². The third-order valence-electron chi connectivity index (χ3n) is 3.06. The molecule has 0 aliphatic heterocycles. The SMILES string of the molecule is Nc1noc(-c2cccc(Cl)c2Cl)c1-c1ccccc1F. The topological polar surface area (TPSA) is 52.0 Å². The summed E-state index contributed by atoms with van der Waals surface area (Å²) in [4.78, 5) is 0. The van der Waals surface area contributed by atoms with E-state index in [0.717, 1.165) is 0 Å². The van der Waals surface area contributed by atoms with Crippen LogP contribution >= 0.6 is 23.2 Å². The Hall–Kier alpha value is -2.04. The number of hydrogen-bond acceptors (Lipinski definition) is 3. The van der Waals surface area contributed by atoms with Crippen LogP contribution in [0.1, 0.15) is 0 Å². The minimum absolute atomic E-state index is 0.0890.